The lowest BCUT2D eigenvalue weighted by Crippen LogP contribution is -2.00. The summed E-state index contributed by atoms with van der Waals surface area (Å²) < 4.78 is 10.5. The van der Waals surface area contributed by atoms with Gasteiger partial charge in [-0.1, -0.05) is 0 Å². The lowest BCUT2D eigenvalue weighted by atomic mass is 10.3. The van der Waals surface area contributed by atoms with Crippen LogP contribution in [0.3, 0.4) is 0 Å². The van der Waals surface area contributed by atoms with Crippen molar-refractivity contribution in [2.45, 2.75) is 6.92 Å². The van der Waals surface area contributed by atoms with Crippen LogP contribution < -0.4 is 14.8 Å². The van der Waals surface area contributed by atoms with Crippen molar-refractivity contribution < 1.29 is 14.4 Å². The van der Waals surface area contributed by atoms with Crippen LogP contribution in [0, 0.1) is 17.0 Å². The molecule has 0 fully saturated rings. The van der Waals surface area contributed by atoms with E-state index in [0.717, 1.165) is 0 Å². The number of methoxy groups -OCH3 is 1. The number of aromatic nitrogens is 2. The Balaban J connectivity index is 2.36. The molecule has 21 heavy (non-hydrogen) atoms. The van der Waals surface area contributed by atoms with Crippen LogP contribution in [0.5, 0.6) is 17.4 Å². The SMILES string of the molecule is CNc1ncc(C)c(Oc2ccc(OC)c([N+](=O)[O-])c2)n1. The van der Waals surface area contributed by atoms with Crippen LogP contribution in [-0.2, 0) is 0 Å². The van der Waals surface area contributed by atoms with Crippen molar-refractivity contribution in [3.8, 4) is 17.4 Å². The first kappa shape index (κ1) is 14.5. The smallest absolute Gasteiger partial charge is 0.314 e. The first-order valence-corrected chi connectivity index (χ1v) is 6.07. The summed E-state index contributed by atoms with van der Waals surface area (Å²) in [5.74, 6) is 1.20. The fourth-order valence-corrected chi connectivity index (χ4v) is 1.64. The summed E-state index contributed by atoms with van der Waals surface area (Å²) in [5, 5.41) is 13.8. The van der Waals surface area contributed by atoms with Crippen LogP contribution >= 0.6 is 0 Å². The molecule has 8 heteroatoms. The molecule has 0 aliphatic heterocycles. The molecule has 8 nitrogen and oxygen atoms in total. The summed E-state index contributed by atoms with van der Waals surface area (Å²) in [6.45, 7) is 1.78. The Kier molecular flexibility index (Phi) is 4.17. The third kappa shape index (κ3) is 3.16. The van der Waals surface area contributed by atoms with E-state index in [1.54, 1.807) is 26.2 Å². The summed E-state index contributed by atoms with van der Waals surface area (Å²) in [5.41, 5.74) is 0.544. The van der Waals surface area contributed by atoms with Crippen molar-refractivity contribution in [1.29, 1.82) is 0 Å². The number of anilines is 1. The summed E-state index contributed by atoms with van der Waals surface area (Å²) in [7, 11) is 3.06. The quantitative estimate of drug-likeness (QED) is 0.667. The summed E-state index contributed by atoms with van der Waals surface area (Å²) in [4.78, 5) is 18.7. The van der Waals surface area contributed by atoms with Gasteiger partial charge in [-0.05, 0) is 19.1 Å². The molecule has 0 amide bonds. The lowest BCUT2D eigenvalue weighted by molar-refractivity contribution is -0.385. The van der Waals surface area contributed by atoms with E-state index < -0.39 is 4.92 Å². The van der Waals surface area contributed by atoms with Gasteiger partial charge in [0.2, 0.25) is 11.8 Å². The average molecular weight is 290 g/mol. The minimum atomic E-state index is -0.530. The predicted octanol–water partition coefficient (Wildman–Crippen LogP) is 2.54. The number of nitro benzene ring substituents is 1. The van der Waals surface area contributed by atoms with Gasteiger partial charge in [0.15, 0.2) is 5.75 Å². The summed E-state index contributed by atoms with van der Waals surface area (Å²) >= 11 is 0. The summed E-state index contributed by atoms with van der Waals surface area (Å²) in [6, 6.07) is 4.34. The molecule has 2 rings (SSSR count). The lowest BCUT2D eigenvalue weighted by Gasteiger charge is -2.09. The van der Waals surface area contributed by atoms with Crippen LogP contribution in [0.25, 0.3) is 0 Å². The molecule has 0 bridgehead atoms. The van der Waals surface area contributed by atoms with Crippen molar-refractivity contribution in [2.24, 2.45) is 0 Å². The highest BCUT2D eigenvalue weighted by Gasteiger charge is 2.17. The van der Waals surface area contributed by atoms with Gasteiger partial charge in [-0.15, -0.1) is 0 Å². The predicted molar refractivity (Wildman–Crippen MR) is 76.0 cm³/mol. The standard InChI is InChI=1S/C13H14N4O4/c1-8-7-15-13(14-2)16-12(8)21-9-4-5-11(20-3)10(6-9)17(18)19/h4-7H,1-3H3,(H,14,15,16). The number of benzene rings is 1. The van der Waals surface area contributed by atoms with Crippen LogP contribution in [0.1, 0.15) is 5.56 Å². The molecule has 110 valence electrons. The van der Waals surface area contributed by atoms with Gasteiger partial charge in [0.25, 0.3) is 0 Å². The van der Waals surface area contributed by atoms with E-state index in [-0.39, 0.29) is 11.4 Å². The number of hydrogen-bond acceptors (Lipinski definition) is 7. The number of nitrogens with zero attached hydrogens (tertiary/aromatic N) is 3. The van der Waals surface area contributed by atoms with E-state index in [0.29, 0.717) is 23.1 Å². The molecule has 0 saturated heterocycles. The van der Waals surface area contributed by atoms with E-state index in [2.05, 4.69) is 15.3 Å². The zero-order valence-electron chi connectivity index (χ0n) is 11.8. The van der Waals surface area contributed by atoms with Crippen LogP contribution in [0.15, 0.2) is 24.4 Å². The van der Waals surface area contributed by atoms with Gasteiger partial charge >= 0.3 is 5.69 Å². The molecule has 0 unspecified atom stereocenters. The minimum absolute atomic E-state index is 0.169. The average Bonchev–Trinajstić information content (AvgIpc) is 2.49. The second kappa shape index (κ2) is 6.04. The molecular formula is C13H14N4O4. The Hall–Kier alpha value is -2.90. The Labute approximate surface area is 120 Å². The van der Waals surface area contributed by atoms with Gasteiger partial charge in [-0.25, -0.2) is 4.98 Å². The third-order valence-electron chi connectivity index (χ3n) is 2.71. The maximum atomic E-state index is 11.0. The van der Waals surface area contributed by atoms with Crippen molar-refractivity contribution in [2.75, 3.05) is 19.5 Å². The minimum Gasteiger partial charge on any atom is -0.490 e. The molecule has 2 aromatic rings. The molecule has 0 atom stereocenters. The second-order valence-corrected chi connectivity index (χ2v) is 4.12. The number of aryl methyl sites for hydroxylation is 1. The van der Waals surface area contributed by atoms with Gasteiger partial charge in [-0.2, -0.15) is 4.98 Å². The Morgan fingerprint density at radius 2 is 2.14 bits per heavy atom. The van der Waals surface area contributed by atoms with Crippen LogP contribution in [0.4, 0.5) is 11.6 Å². The zero-order chi connectivity index (χ0) is 15.4. The number of nitro groups is 1. The fraction of sp³-hybridized carbons (Fsp3) is 0.231. The van der Waals surface area contributed by atoms with Crippen molar-refractivity contribution in [3.05, 3.63) is 40.1 Å². The normalized spacial score (nSPS) is 10.0. The number of rotatable bonds is 5. The third-order valence-corrected chi connectivity index (χ3v) is 2.71. The Morgan fingerprint density at radius 3 is 2.76 bits per heavy atom. The highest BCUT2D eigenvalue weighted by atomic mass is 16.6. The molecule has 1 aromatic heterocycles. The first-order chi connectivity index (χ1) is 10.0. The molecule has 0 saturated carbocycles. The van der Waals surface area contributed by atoms with Gasteiger partial charge < -0.3 is 14.8 Å². The zero-order valence-corrected chi connectivity index (χ0v) is 11.8. The molecule has 1 aromatic carbocycles. The molecule has 0 aliphatic carbocycles. The Bertz CT molecular complexity index is 675. The van der Waals surface area contributed by atoms with E-state index >= 15 is 0 Å². The van der Waals surface area contributed by atoms with Crippen molar-refractivity contribution in [3.63, 3.8) is 0 Å². The van der Waals surface area contributed by atoms with E-state index in [1.165, 1.54) is 19.2 Å². The van der Waals surface area contributed by atoms with Gasteiger partial charge in [0, 0.05) is 18.8 Å². The molecular weight excluding hydrogens is 276 g/mol. The van der Waals surface area contributed by atoms with E-state index in [4.69, 9.17) is 9.47 Å². The Morgan fingerprint density at radius 1 is 1.38 bits per heavy atom. The maximum Gasteiger partial charge on any atom is 0.314 e. The van der Waals surface area contributed by atoms with E-state index in [9.17, 15) is 10.1 Å². The van der Waals surface area contributed by atoms with E-state index in [1.807, 2.05) is 0 Å². The topological polar surface area (TPSA) is 99.4 Å². The van der Waals surface area contributed by atoms with Crippen LogP contribution in [-0.4, -0.2) is 29.0 Å². The first-order valence-electron chi connectivity index (χ1n) is 6.07. The molecule has 1 heterocycles. The molecule has 0 spiro atoms. The second-order valence-electron chi connectivity index (χ2n) is 4.12. The monoisotopic (exact) mass is 290 g/mol. The number of nitrogens with one attached hydrogen (secondary N) is 1. The highest BCUT2D eigenvalue weighted by molar-refractivity contribution is 5.51. The fourth-order valence-electron chi connectivity index (χ4n) is 1.64. The molecule has 0 radical (unpaired) electrons. The summed E-state index contributed by atoms with van der Waals surface area (Å²) in [6.07, 6.45) is 1.60. The van der Waals surface area contributed by atoms with Gasteiger partial charge in [-0.3, -0.25) is 10.1 Å². The van der Waals surface area contributed by atoms with Crippen molar-refractivity contribution in [1.82, 2.24) is 9.97 Å². The molecule has 0 aliphatic rings. The van der Waals surface area contributed by atoms with Crippen LogP contribution in [0.2, 0.25) is 0 Å². The maximum absolute atomic E-state index is 11.0. The van der Waals surface area contributed by atoms with Gasteiger partial charge in [0.05, 0.1) is 18.1 Å². The molecule has 1 N–H and O–H groups in total. The van der Waals surface area contributed by atoms with Crippen molar-refractivity contribution >= 4 is 11.6 Å². The highest BCUT2D eigenvalue weighted by Crippen LogP contribution is 2.33. The van der Waals surface area contributed by atoms with Gasteiger partial charge in [0.1, 0.15) is 5.75 Å². The number of ether oxygens (including phenoxy) is 2. The number of hydrogen-bond donors (Lipinski definition) is 1. The largest absolute Gasteiger partial charge is 0.490 e.